The van der Waals surface area contributed by atoms with Gasteiger partial charge in [0.25, 0.3) is 0 Å². The molecule has 0 aromatic heterocycles. The average Bonchev–Trinajstić information content (AvgIpc) is 1.87. The van der Waals surface area contributed by atoms with Gasteiger partial charge in [-0.15, -0.1) is 0 Å². The first-order chi connectivity index (χ1) is 5.16. The maximum Gasteiger partial charge on any atom is 0.305 e. The lowest BCUT2D eigenvalue weighted by molar-refractivity contribution is -0.143. The SMILES string of the molecule is CCOC(=O)CCC[C@@H](C)N. The highest BCUT2D eigenvalue weighted by molar-refractivity contribution is 5.69. The van der Waals surface area contributed by atoms with E-state index in [1.165, 1.54) is 0 Å². The first-order valence-electron chi connectivity index (χ1n) is 4.08. The van der Waals surface area contributed by atoms with E-state index in [0.29, 0.717) is 13.0 Å². The third-order valence-electron chi connectivity index (χ3n) is 1.35. The van der Waals surface area contributed by atoms with Crippen molar-refractivity contribution in [2.45, 2.75) is 39.2 Å². The van der Waals surface area contributed by atoms with Crippen LogP contribution in [0.2, 0.25) is 0 Å². The lowest BCUT2D eigenvalue weighted by atomic mass is 10.1. The van der Waals surface area contributed by atoms with Crippen molar-refractivity contribution in [1.82, 2.24) is 0 Å². The maximum absolute atomic E-state index is 10.8. The van der Waals surface area contributed by atoms with Crippen molar-refractivity contribution in [2.75, 3.05) is 6.61 Å². The van der Waals surface area contributed by atoms with Crippen molar-refractivity contribution in [2.24, 2.45) is 5.73 Å². The molecule has 66 valence electrons. The highest BCUT2D eigenvalue weighted by Gasteiger charge is 2.01. The van der Waals surface area contributed by atoms with Gasteiger partial charge in [-0.1, -0.05) is 0 Å². The Hall–Kier alpha value is -0.570. The molecule has 3 nitrogen and oxygen atoms in total. The quantitative estimate of drug-likeness (QED) is 0.610. The van der Waals surface area contributed by atoms with Gasteiger partial charge >= 0.3 is 5.97 Å². The molecule has 0 unspecified atom stereocenters. The standard InChI is InChI=1S/C8H17NO2/c1-3-11-8(10)6-4-5-7(2)9/h7H,3-6,9H2,1-2H3/t7-/m1/s1. The predicted molar refractivity (Wildman–Crippen MR) is 44.1 cm³/mol. The summed E-state index contributed by atoms with van der Waals surface area (Å²) in [5.74, 6) is -0.117. The summed E-state index contributed by atoms with van der Waals surface area (Å²) in [6.45, 7) is 4.21. The molecule has 0 spiro atoms. The molecule has 0 heterocycles. The van der Waals surface area contributed by atoms with Gasteiger partial charge < -0.3 is 10.5 Å². The van der Waals surface area contributed by atoms with Crippen LogP contribution in [0.3, 0.4) is 0 Å². The fourth-order valence-electron chi connectivity index (χ4n) is 0.802. The Morgan fingerprint density at radius 1 is 1.64 bits per heavy atom. The molecule has 3 heteroatoms. The molecule has 0 rings (SSSR count). The normalized spacial score (nSPS) is 12.6. The molecule has 0 bridgehead atoms. The Kier molecular flexibility index (Phi) is 5.84. The minimum atomic E-state index is -0.117. The van der Waals surface area contributed by atoms with Crippen molar-refractivity contribution in [3.05, 3.63) is 0 Å². The van der Waals surface area contributed by atoms with Crippen molar-refractivity contribution in [1.29, 1.82) is 0 Å². The Morgan fingerprint density at radius 3 is 2.73 bits per heavy atom. The molecule has 2 N–H and O–H groups in total. The molecule has 0 aromatic carbocycles. The summed E-state index contributed by atoms with van der Waals surface area (Å²) in [6.07, 6.45) is 2.21. The van der Waals surface area contributed by atoms with Crippen molar-refractivity contribution in [3.63, 3.8) is 0 Å². The second-order valence-electron chi connectivity index (χ2n) is 2.67. The molecular formula is C8H17NO2. The van der Waals surface area contributed by atoms with E-state index < -0.39 is 0 Å². The van der Waals surface area contributed by atoms with Crippen LogP contribution in [-0.4, -0.2) is 18.6 Å². The fraction of sp³-hybridized carbons (Fsp3) is 0.875. The second kappa shape index (κ2) is 6.16. The smallest absolute Gasteiger partial charge is 0.305 e. The lowest BCUT2D eigenvalue weighted by Crippen LogP contribution is -2.15. The summed E-state index contributed by atoms with van der Waals surface area (Å²) in [5, 5.41) is 0. The first-order valence-corrected chi connectivity index (χ1v) is 4.08. The van der Waals surface area contributed by atoms with Crippen LogP contribution in [-0.2, 0) is 9.53 Å². The molecule has 0 aliphatic heterocycles. The highest BCUT2D eigenvalue weighted by atomic mass is 16.5. The Balaban J connectivity index is 3.17. The number of nitrogens with two attached hydrogens (primary N) is 1. The van der Waals surface area contributed by atoms with Crippen molar-refractivity contribution >= 4 is 5.97 Å². The topological polar surface area (TPSA) is 52.3 Å². The number of rotatable bonds is 5. The van der Waals surface area contributed by atoms with Gasteiger partial charge in [-0.3, -0.25) is 4.79 Å². The van der Waals surface area contributed by atoms with Gasteiger partial charge in [-0.2, -0.15) is 0 Å². The number of ether oxygens (including phenoxy) is 1. The summed E-state index contributed by atoms with van der Waals surface area (Å²) in [4.78, 5) is 10.8. The van der Waals surface area contributed by atoms with Gasteiger partial charge in [0, 0.05) is 12.5 Å². The summed E-state index contributed by atoms with van der Waals surface area (Å²) in [7, 11) is 0. The number of hydrogen-bond acceptors (Lipinski definition) is 3. The summed E-state index contributed by atoms with van der Waals surface area (Å²) < 4.78 is 4.74. The molecule has 0 radical (unpaired) electrons. The zero-order valence-electron chi connectivity index (χ0n) is 7.30. The van der Waals surface area contributed by atoms with E-state index in [9.17, 15) is 4.79 Å². The van der Waals surface area contributed by atoms with Gasteiger partial charge in [0.1, 0.15) is 0 Å². The molecular weight excluding hydrogens is 142 g/mol. The van der Waals surface area contributed by atoms with Gasteiger partial charge in [0.05, 0.1) is 6.61 Å². The van der Waals surface area contributed by atoms with Crippen LogP contribution >= 0.6 is 0 Å². The fourth-order valence-corrected chi connectivity index (χ4v) is 0.802. The van der Waals surface area contributed by atoms with Gasteiger partial charge in [-0.25, -0.2) is 0 Å². The summed E-state index contributed by atoms with van der Waals surface area (Å²) in [6, 6.07) is 0.185. The number of carbonyl (C=O) groups excluding carboxylic acids is 1. The number of esters is 1. The van der Waals surface area contributed by atoms with E-state index in [0.717, 1.165) is 12.8 Å². The van der Waals surface area contributed by atoms with Crippen LogP contribution < -0.4 is 5.73 Å². The van der Waals surface area contributed by atoms with Crippen LogP contribution in [0.1, 0.15) is 33.1 Å². The summed E-state index contributed by atoms with van der Waals surface area (Å²) >= 11 is 0. The number of carbonyl (C=O) groups is 1. The minimum Gasteiger partial charge on any atom is -0.466 e. The van der Waals surface area contributed by atoms with Gasteiger partial charge in [0.2, 0.25) is 0 Å². The molecule has 11 heavy (non-hydrogen) atoms. The molecule has 0 aliphatic carbocycles. The van der Waals surface area contributed by atoms with E-state index in [2.05, 4.69) is 0 Å². The zero-order valence-corrected chi connectivity index (χ0v) is 7.30. The molecule has 1 atom stereocenters. The molecule has 0 saturated heterocycles. The third-order valence-corrected chi connectivity index (χ3v) is 1.35. The Labute approximate surface area is 67.9 Å². The second-order valence-corrected chi connectivity index (χ2v) is 2.67. The van der Waals surface area contributed by atoms with E-state index >= 15 is 0 Å². The van der Waals surface area contributed by atoms with Gasteiger partial charge in [0.15, 0.2) is 0 Å². The van der Waals surface area contributed by atoms with E-state index in [1.807, 2.05) is 13.8 Å². The monoisotopic (exact) mass is 159 g/mol. The van der Waals surface area contributed by atoms with E-state index in [1.54, 1.807) is 0 Å². The van der Waals surface area contributed by atoms with Crippen LogP contribution in [0, 0.1) is 0 Å². The van der Waals surface area contributed by atoms with Crippen molar-refractivity contribution in [3.8, 4) is 0 Å². The Morgan fingerprint density at radius 2 is 2.27 bits per heavy atom. The first kappa shape index (κ1) is 10.4. The highest BCUT2D eigenvalue weighted by Crippen LogP contribution is 1.99. The summed E-state index contributed by atoms with van der Waals surface area (Å²) in [5.41, 5.74) is 5.50. The molecule has 0 amide bonds. The van der Waals surface area contributed by atoms with E-state index in [-0.39, 0.29) is 12.0 Å². The van der Waals surface area contributed by atoms with E-state index in [4.69, 9.17) is 10.5 Å². The van der Waals surface area contributed by atoms with Crippen LogP contribution in [0.5, 0.6) is 0 Å². The van der Waals surface area contributed by atoms with Crippen LogP contribution in [0.4, 0.5) is 0 Å². The molecule has 0 fully saturated rings. The zero-order chi connectivity index (χ0) is 8.69. The van der Waals surface area contributed by atoms with Crippen LogP contribution in [0.15, 0.2) is 0 Å². The van der Waals surface area contributed by atoms with Crippen molar-refractivity contribution < 1.29 is 9.53 Å². The lowest BCUT2D eigenvalue weighted by Gasteiger charge is -2.03. The maximum atomic E-state index is 10.8. The largest absolute Gasteiger partial charge is 0.466 e. The Bertz CT molecular complexity index is 113. The average molecular weight is 159 g/mol. The molecule has 0 saturated carbocycles. The predicted octanol–water partition coefficient (Wildman–Crippen LogP) is 1.07. The third kappa shape index (κ3) is 7.33. The minimum absolute atomic E-state index is 0.117. The number of hydrogen-bond donors (Lipinski definition) is 1. The van der Waals surface area contributed by atoms with Gasteiger partial charge in [-0.05, 0) is 26.7 Å². The molecule has 0 aromatic rings. The van der Waals surface area contributed by atoms with Crippen LogP contribution in [0.25, 0.3) is 0 Å². The molecule has 0 aliphatic rings.